The second-order valence-corrected chi connectivity index (χ2v) is 6.61. The fraction of sp³-hybridized carbons (Fsp3) is 0.938. The highest BCUT2D eigenvalue weighted by Gasteiger charge is 2.34. The van der Waals surface area contributed by atoms with Crippen molar-refractivity contribution in [2.75, 3.05) is 19.8 Å². The number of aliphatic hydroxyl groups is 1. The third-order valence-electron chi connectivity index (χ3n) is 4.98. The molecule has 2 N–H and O–H groups in total. The molecule has 0 aliphatic heterocycles. The lowest BCUT2D eigenvalue weighted by atomic mass is 9.74. The van der Waals surface area contributed by atoms with Gasteiger partial charge in [0.05, 0.1) is 12.7 Å². The van der Waals surface area contributed by atoms with Crippen molar-refractivity contribution in [2.45, 2.75) is 64.4 Å². The topological polar surface area (TPSA) is 58.6 Å². The highest BCUT2D eigenvalue weighted by Crippen LogP contribution is 2.36. The van der Waals surface area contributed by atoms with E-state index in [-0.39, 0.29) is 17.9 Å². The number of aliphatic hydroxyl groups excluding tert-OH is 1. The molecule has 116 valence electrons. The van der Waals surface area contributed by atoms with Crippen molar-refractivity contribution in [3.63, 3.8) is 0 Å². The molecule has 2 fully saturated rings. The molecule has 0 radical (unpaired) electrons. The summed E-state index contributed by atoms with van der Waals surface area (Å²) >= 11 is 0. The molecular weight excluding hydrogens is 254 g/mol. The standard InChI is InChI=1S/C16H29NO3/c1-2-20-14-8-13(9-14)10-15(19)17-11-16(12-18)6-4-3-5-7-16/h13-14,18H,2-12H2,1H3,(H,17,19). The number of carbonyl (C=O) groups is 1. The maximum atomic E-state index is 12.0. The van der Waals surface area contributed by atoms with Gasteiger partial charge in [-0.15, -0.1) is 0 Å². The van der Waals surface area contributed by atoms with Crippen molar-refractivity contribution in [1.82, 2.24) is 5.32 Å². The molecule has 0 aromatic rings. The van der Waals surface area contributed by atoms with Gasteiger partial charge < -0.3 is 15.2 Å². The van der Waals surface area contributed by atoms with Gasteiger partial charge in [-0.2, -0.15) is 0 Å². The number of hydrogen-bond donors (Lipinski definition) is 2. The van der Waals surface area contributed by atoms with Crippen LogP contribution < -0.4 is 5.32 Å². The average Bonchev–Trinajstić information content (AvgIpc) is 2.44. The number of carbonyl (C=O) groups excluding carboxylic acids is 1. The Morgan fingerprint density at radius 3 is 2.60 bits per heavy atom. The van der Waals surface area contributed by atoms with E-state index in [1.165, 1.54) is 19.3 Å². The molecule has 2 saturated carbocycles. The van der Waals surface area contributed by atoms with Crippen LogP contribution in [0.5, 0.6) is 0 Å². The van der Waals surface area contributed by atoms with Crippen molar-refractivity contribution < 1.29 is 14.6 Å². The highest BCUT2D eigenvalue weighted by molar-refractivity contribution is 5.76. The molecule has 20 heavy (non-hydrogen) atoms. The first-order valence-electron chi connectivity index (χ1n) is 8.16. The molecule has 0 saturated heterocycles. The lowest BCUT2D eigenvalue weighted by Gasteiger charge is -2.37. The Balaban J connectivity index is 1.65. The quantitative estimate of drug-likeness (QED) is 0.753. The van der Waals surface area contributed by atoms with Crippen molar-refractivity contribution in [3.8, 4) is 0 Å². The number of rotatable bonds is 7. The summed E-state index contributed by atoms with van der Waals surface area (Å²) in [5.74, 6) is 0.631. The van der Waals surface area contributed by atoms with E-state index in [4.69, 9.17) is 4.74 Å². The van der Waals surface area contributed by atoms with Gasteiger partial charge in [-0.3, -0.25) is 4.79 Å². The molecule has 0 spiro atoms. The molecule has 0 aromatic heterocycles. The Kier molecular flexibility index (Phi) is 5.85. The van der Waals surface area contributed by atoms with E-state index < -0.39 is 0 Å². The van der Waals surface area contributed by atoms with Gasteiger partial charge in [0.15, 0.2) is 0 Å². The smallest absolute Gasteiger partial charge is 0.220 e. The van der Waals surface area contributed by atoms with Crippen molar-refractivity contribution in [3.05, 3.63) is 0 Å². The van der Waals surface area contributed by atoms with E-state index in [1.807, 2.05) is 6.92 Å². The second-order valence-electron chi connectivity index (χ2n) is 6.61. The van der Waals surface area contributed by atoms with Crippen LogP contribution in [0.15, 0.2) is 0 Å². The van der Waals surface area contributed by atoms with Gasteiger partial charge in [0.2, 0.25) is 5.91 Å². The number of hydrogen-bond acceptors (Lipinski definition) is 3. The van der Waals surface area contributed by atoms with E-state index in [9.17, 15) is 9.90 Å². The van der Waals surface area contributed by atoms with Crippen LogP contribution in [-0.4, -0.2) is 36.9 Å². The summed E-state index contributed by atoms with van der Waals surface area (Å²) in [5, 5.41) is 12.7. The Hall–Kier alpha value is -0.610. The first-order chi connectivity index (χ1) is 9.67. The first kappa shape index (κ1) is 15.8. The fourth-order valence-electron chi connectivity index (χ4n) is 3.53. The number of amides is 1. The number of nitrogens with one attached hydrogen (secondary N) is 1. The summed E-state index contributed by atoms with van der Waals surface area (Å²) in [5.41, 5.74) is -0.0542. The van der Waals surface area contributed by atoms with Gasteiger partial charge in [0, 0.05) is 25.0 Å². The minimum atomic E-state index is -0.0542. The van der Waals surface area contributed by atoms with Crippen LogP contribution in [-0.2, 0) is 9.53 Å². The van der Waals surface area contributed by atoms with Gasteiger partial charge in [-0.1, -0.05) is 19.3 Å². The molecule has 0 bridgehead atoms. The molecule has 2 rings (SSSR count). The highest BCUT2D eigenvalue weighted by atomic mass is 16.5. The lowest BCUT2D eigenvalue weighted by molar-refractivity contribution is -0.125. The molecule has 0 heterocycles. The molecule has 4 nitrogen and oxygen atoms in total. The number of ether oxygens (including phenoxy) is 1. The van der Waals surface area contributed by atoms with Crippen LogP contribution in [0, 0.1) is 11.3 Å². The van der Waals surface area contributed by atoms with Gasteiger partial charge in [-0.05, 0) is 38.5 Å². The fourth-order valence-corrected chi connectivity index (χ4v) is 3.53. The largest absolute Gasteiger partial charge is 0.396 e. The Morgan fingerprint density at radius 1 is 1.30 bits per heavy atom. The Bertz CT molecular complexity index is 307. The SMILES string of the molecule is CCOC1CC(CC(=O)NCC2(CO)CCCCC2)C1. The molecule has 0 unspecified atom stereocenters. The van der Waals surface area contributed by atoms with Gasteiger partial charge in [0.25, 0.3) is 0 Å². The molecule has 0 atom stereocenters. The predicted molar refractivity (Wildman–Crippen MR) is 78.4 cm³/mol. The zero-order valence-corrected chi connectivity index (χ0v) is 12.7. The van der Waals surface area contributed by atoms with Gasteiger partial charge in [0.1, 0.15) is 0 Å². The van der Waals surface area contributed by atoms with Crippen LogP contribution in [0.2, 0.25) is 0 Å². The van der Waals surface area contributed by atoms with Gasteiger partial charge >= 0.3 is 0 Å². The van der Waals surface area contributed by atoms with Crippen LogP contribution in [0.4, 0.5) is 0 Å². The van der Waals surface area contributed by atoms with Crippen LogP contribution in [0.1, 0.15) is 58.3 Å². The van der Waals surface area contributed by atoms with Crippen molar-refractivity contribution in [2.24, 2.45) is 11.3 Å². The lowest BCUT2D eigenvalue weighted by Crippen LogP contribution is -2.43. The molecule has 2 aliphatic rings. The minimum absolute atomic E-state index is 0.0542. The monoisotopic (exact) mass is 283 g/mol. The predicted octanol–water partition coefficient (Wildman–Crippen LogP) is 2.25. The van der Waals surface area contributed by atoms with Crippen LogP contribution in [0.3, 0.4) is 0 Å². The summed E-state index contributed by atoms with van der Waals surface area (Å²) in [4.78, 5) is 12.0. The maximum absolute atomic E-state index is 12.0. The molecule has 1 amide bonds. The average molecular weight is 283 g/mol. The Labute approximate surface area is 122 Å². The third kappa shape index (κ3) is 4.19. The maximum Gasteiger partial charge on any atom is 0.220 e. The van der Waals surface area contributed by atoms with E-state index in [0.29, 0.717) is 25.0 Å². The summed E-state index contributed by atoms with van der Waals surface area (Å²) in [7, 11) is 0. The van der Waals surface area contributed by atoms with Crippen LogP contribution >= 0.6 is 0 Å². The van der Waals surface area contributed by atoms with Crippen molar-refractivity contribution >= 4 is 5.91 Å². The summed E-state index contributed by atoms with van der Waals surface area (Å²) in [6.45, 7) is 3.62. The molecule has 4 heteroatoms. The van der Waals surface area contributed by atoms with Crippen LogP contribution in [0.25, 0.3) is 0 Å². The Morgan fingerprint density at radius 2 is 2.00 bits per heavy atom. The molecule has 2 aliphatic carbocycles. The third-order valence-corrected chi connectivity index (χ3v) is 4.98. The molecule has 0 aromatic carbocycles. The summed E-state index contributed by atoms with van der Waals surface area (Å²) < 4.78 is 5.51. The zero-order valence-electron chi connectivity index (χ0n) is 12.7. The van der Waals surface area contributed by atoms with E-state index >= 15 is 0 Å². The molecular formula is C16H29NO3. The van der Waals surface area contributed by atoms with E-state index in [2.05, 4.69) is 5.32 Å². The van der Waals surface area contributed by atoms with Crippen molar-refractivity contribution in [1.29, 1.82) is 0 Å². The second kappa shape index (κ2) is 7.41. The summed E-state index contributed by atoms with van der Waals surface area (Å²) in [6, 6.07) is 0. The first-order valence-corrected chi connectivity index (χ1v) is 8.16. The zero-order chi connectivity index (χ0) is 14.4. The normalized spacial score (nSPS) is 28.7. The van der Waals surface area contributed by atoms with Gasteiger partial charge in [-0.25, -0.2) is 0 Å². The summed E-state index contributed by atoms with van der Waals surface area (Å²) in [6.07, 6.45) is 8.73. The van der Waals surface area contributed by atoms with E-state index in [0.717, 1.165) is 32.3 Å². The minimum Gasteiger partial charge on any atom is -0.396 e. The van der Waals surface area contributed by atoms with E-state index in [1.54, 1.807) is 0 Å².